The Bertz CT molecular complexity index is 1370. The molecule has 5 N–H and O–H groups in total. The summed E-state index contributed by atoms with van der Waals surface area (Å²) in [5, 5.41) is 24.7. The van der Waals surface area contributed by atoms with E-state index in [1.165, 1.54) is 29.3 Å². The lowest BCUT2D eigenvalue weighted by Crippen LogP contribution is -2.18. The third-order valence-corrected chi connectivity index (χ3v) is 6.09. The number of nitrogens with zero attached hydrogens (tertiary/aromatic N) is 5. The van der Waals surface area contributed by atoms with Crippen LogP contribution in [0.2, 0.25) is 0 Å². The Hall–Kier alpha value is -4.16. The van der Waals surface area contributed by atoms with Gasteiger partial charge in [0.15, 0.2) is 11.4 Å². The molecule has 0 aliphatic carbocycles. The fraction of sp³-hybridized carbons (Fsp3) is 0.217. The van der Waals surface area contributed by atoms with Gasteiger partial charge in [-0.25, -0.2) is 14.6 Å². The number of rotatable bonds is 8. The number of amides is 2. The molecule has 12 heteroatoms. The number of benzene rings is 1. The molecule has 0 saturated carbocycles. The van der Waals surface area contributed by atoms with Crippen LogP contribution in [0, 0.1) is 0 Å². The molecule has 1 aromatic carbocycles. The van der Waals surface area contributed by atoms with Crippen LogP contribution in [-0.2, 0) is 12.1 Å². The van der Waals surface area contributed by atoms with Gasteiger partial charge in [-0.1, -0.05) is 46.9 Å². The first kappa shape index (κ1) is 24.0. The van der Waals surface area contributed by atoms with Gasteiger partial charge in [0.1, 0.15) is 15.8 Å². The molecule has 35 heavy (non-hydrogen) atoms. The summed E-state index contributed by atoms with van der Waals surface area (Å²) in [4.78, 5) is 32.7. The lowest BCUT2D eigenvalue weighted by molar-refractivity contribution is 0.0786. The van der Waals surface area contributed by atoms with E-state index in [2.05, 4.69) is 30.9 Å². The third-order valence-electron chi connectivity index (χ3n) is 5.07. The number of carbonyl (C=O) groups excluding carboxylic acids is 2. The quantitative estimate of drug-likeness (QED) is 0.291. The summed E-state index contributed by atoms with van der Waals surface area (Å²) < 4.78 is 1.51. The van der Waals surface area contributed by atoms with Crippen molar-refractivity contribution >= 4 is 34.0 Å². The molecule has 4 rings (SSSR count). The zero-order valence-corrected chi connectivity index (χ0v) is 20.1. The maximum atomic E-state index is 12.1. The van der Waals surface area contributed by atoms with E-state index in [4.69, 9.17) is 5.73 Å². The third kappa shape index (κ3) is 5.50. The fourth-order valence-corrected chi connectivity index (χ4v) is 4.23. The number of nitrogens with two attached hydrogens (primary N) is 1. The van der Waals surface area contributed by atoms with E-state index in [1.807, 2.05) is 36.4 Å². The highest BCUT2D eigenvalue weighted by molar-refractivity contribution is 7.19. The number of hydrogen-bond donors (Lipinski definition) is 4. The number of nitrogens with one attached hydrogen (secondary N) is 2. The fourth-order valence-electron chi connectivity index (χ4n) is 3.24. The number of thiazole rings is 1. The number of primary amides is 1. The number of pyridine rings is 1. The Balaban J connectivity index is 1.56. The van der Waals surface area contributed by atoms with Crippen LogP contribution in [0.25, 0.3) is 10.6 Å². The molecule has 0 fully saturated rings. The first-order chi connectivity index (χ1) is 16.6. The molecule has 0 aliphatic heterocycles. The van der Waals surface area contributed by atoms with Crippen molar-refractivity contribution in [3.8, 4) is 10.6 Å². The van der Waals surface area contributed by atoms with Gasteiger partial charge in [0, 0.05) is 12.6 Å². The van der Waals surface area contributed by atoms with Gasteiger partial charge in [-0.3, -0.25) is 9.59 Å². The second kappa shape index (κ2) is 9.60. The molecule has 180 valence electrons. The van der Waals surface area contributed by atoms with E-state index in [1.54, 1.807) is 19.9 Å². The van der Waals surface area contributed by atoms with Crippen LogP contribution >= 0.6 is 11.3 Å². The lowest BCUT2D eigenvalue weighted by Gasteiger charge is -2.17. The summed E-state index contributed by atoms with van der Waals surface area (Å²) in [6, 6.07) is 12.7. The molecular formula is C23H24N8O3S. The Morgan fingerprint density at radius 1 is 1.14 bits per heavy atom. The molecular weight excluding hydrogens is 468 g/mol. The smallest absolute Gasteiger partial charge is 0.273 e. The van der Waals surface area contributed by atoms with Crippen LogP contribution in [0.1, 0.15) is 46.1 Å². The second-order valence-corrected chi connectivity index (χ2v) is 9.22. The van der Waals surface area contributed by atoms with Crippen molar-refractivity contribution in [2.45, 2.75) is 26.0 Å². The molecule has 0 unspecified atom stereocenters. The van der Waals surface area contributed by atoms with Crippen LogP contribution in [0.3, 0.4) is 0 Å². The average Bonchev–Trinajstić information content (AvgIpc) is 3.46. The molecule has 0 spiro atoms. The van der Waals surface area contributed by atoms with Crippen molar-refractivity contribution in [3.05, 3.63) is 71.3 Å². The molecule has 0 atom stereocenters. The van der Waals surface area contributed by atoms with Gasteiger partial charge >= 0.3 is 0 Å². The predicted molar refractivity (Wildman–Crippen MR) is 131 cm³/mol. The first-order valence-electron chi connectivity index (χ1n) is 10.6. The number of hydrogen-bond acceptors (Lipinski definition) is 9. The minimum Gasteiger partial charge on any atom is -0.386 e. The number of carbonyl (C=O) groups is 2. The summed E-state index contributed by atoms with van der Waals surface area (Å²) >= 11 is 1.27. The van der Waals surface area contributed by atoms with E-state index in [9.17, 15) is 14.7 Å². The molecule has 0 bridgehead atoms. The summed E-state index contributed by atoms with van der Waals surface area (Å²) in [5.41, 5.74) is 7.15. The highest BCUT2D eigenvalue weighted by Gasteiger charge is 2.20. The summed E-state index contributed by atoms with van der Waals surface area (Å²) in [5.74, 6) is -0.498. The number of aromatic nitrogens is 5. The molecule has 4 aromatic rings. The maximum absolute atomic E-state index is 12.1. The minimum absolute atomic E-state index is 0.107. The van der Waals surface area contributed by atoms with Crippen LogP contribution in [-0.4, -0.2) is 48.9 Å². The van der Waals surface area contributed by atoms with Gasteiger partial charge in [-0.2, -0.15) is 0 Å². The van der Waals surface area contributed by atoms with Crippen molar-refractivity contribution in [1.82, 2.24) is 30.3 Å². The highest BCUT2D eigenvalue weighted by Crippen LogP contribution is 2.34. The van der Waals surface area contributed by atoms with Gasteiger partial charge in [0.25, 0.3) is 11.8 Å². The second-order valence-electron chi connectivity index (χ2n) is 8.22. The summed E-state index contributed by atoms with van der Waals surface area (Å²) in [6.07, 6.45) is 1.53. The molecule has 3 aromatic heterocycles. The monoisotopic (exact) mass is 492 g/mol. The minimum atomic E-state index is -0.959. The Labute approximate surface area is 205 Å². The SMILES string of the molecule is CNC(=O)c1cn(Cc2cccc(Nc3sc(-c4ccc(C(C)(C)O)cc4)nc3C(N)=O)n2)nn1. The highest BCUT2D eigenvalue weighted by atomic mass is 32.1. The van der Waals surface area contributed by atoms with Gasteiger partial charge in [0.2, 0.25) is 0 Å². The van der Waals surface area contributed by atoms with Crippen LogP contribution in [0.4, 0.5) is 10.8 Å². The van der Waals surface area contributed by atoms with E-state index >= 15 is 0 Å². The molecule has 2 amide bonds. The van der Waals surface area contributed by atoms with Crippen molar-refractivity contribution in [2.24, 2.45) is 5.73 Å². The topological polar surface area (TPSA) is 161 Å². The van der Waals surface area contributed by atoms with E-state index in [0.717, 1.165) is 11.1 Å². The van der Waals surface area contributed by atoms with Crippen LogP contribution in [0.5, 0.6) is 0 Å². The predicted octanol–water partition coefficient (Wildman–Crippen LogP) is 2.27. The van der Waals surface area contributed by atoms with Crippen LogP contribution in [0.15, 0.2) is 48.7 Å². The van der Waals surface area contributed by atoms with Gasteiger partial charge < -0.3 is 21.5 Å². The summed E-state index contributed by atoms with van der Waals surface area (Å²) in [7, 11) is 1.52. The van der Waals surface area contributed by atoms with Gasteiger partial charge in [-0.05, 0) is 31.5 Å². The number of aliphatic hydroxyl groups is 1. The normalized spacial score (nSPS) is 11.3. The van der Waals surface area contributed by atoms with Gasteiger partial charge in [-0.15, -0.1) is 5.10 Å². The van der Waals surface area contributed by atoms with Crippen molar-refractivity contribution in [3.63, 3.8) is 0 Å². The zero-order valence-electron chi connectivity index (χ0n) is 19.3. The zero-order chi connectivity index (χ0) is 25.2. The first-order valence-corrected chi connectivity index (χ1v) is 11.4. The van der Waals surface area contributed by atoms with Crippen molar-refractivity contribution < 1.29 is 14.7 Å². The standard InChI is InChI=1S/C23H24N8O3S/c1-23(2,34)14-9-7-13(8-10-14)21-28-18(19(24)32)22(35-21)27-17-6-4-5-15(26-17)11-31-12-16(29-30-31)20(33)25-3/h4-10,12,34H,11H2,1-3H3,(H2,24,32)(H,25,33)(H,26,27). The number of anilines is 2. The van der Waals surface area contributed by atoms with Crippen molar-refractivity contribution in [2.75, 3.05) is 12.4 Å². The Kier molecular flexibility index (Phi) is 6.58. The molecule has 0 radical (unpaired) electrons. The average molecular weight is 493 g/mol. The molecule has 0 saturated heterocycles. The Morgan fingerprint density at radius 3 is 2.54 bits per heavy atom. The van der Waals surface area contributed by atoms with Crippen molar-refractivity contribution in [1.29, 1.82) is 0 Å². The van der Waals surface area contributed by atoms with E-state index in [0.29, 0.717) is 28.1 Å². The largest absolute Gasteiger partial charge is 0.386 e. The lowest BCUT2D eigenvalue weighted by atomic mass is 9.97. The molecule has 11 nitrogen and oxygen atoms in total. The van der Waals surface area contributed by atoms with Gasteiger partial charge in [0.05, 0.1) is 24.0 Å². The summed E-state index contributed by atoms with van der Waals surface area (Å²) in [6.45, 7) is 3.72. The van der Waals surface area contributed by atoms with Crippen LogP contribution < -0.4 is 16.4 Å². The Morgan fingerprint density at radius 2 is 1.89 bits per heavy atom. The van der Waals surface area contributed by atoms with E-state index < -0.39 is 11.5 Å². The maximum Gasteiger partial charge on any atom is 0.273 e. The van der Waals surface area contributed by atoms with E-state index in [-0.39, 0.29) is 17.3 Å². The molecule has 0 aliphatic rings. The molecule has 3 heterocycles.